The van der Waals surface area contributed by atoms with Gasteiger partial charge in [0.15, 0.2) is 0 Å². The predicted molar refractivity (Wildman–Crippen MR) is 243 cm³/mol. The lowest BCUT2D eigenvalue weighted by atomic mass is 9.89. The van der Waals surface area contributed by atoms with Gasteiger partial charge in [0.05, 0.1) is 33.7 Å². The molecule has 2 aliphatic carbocycles. The van der Waals surface area contributed by atoms with Crippen LogP contribution < -0.4 is 11.1 Å². The van der Waals surface area contributed by atoms with Gasteiger partial charge in [0.2, 0.25) is 0 Å². The molecule has 0 fully saturated rings. The molecule has 5 aromatic carbocycles. The third-order valence-electron chi connectivity index (χ3n) is 10.4. The number of hydrogen-bond acceptors (Lipinski definition) is 3. The van der Waals surface area contributed by atoms with Crippen LogP contribution in [0, 0.1) is 0 Å². The third kappa shape index (κ3) is 6.91. The summed E-state index contributed by atoms with van der Waals surface area (Å²) in [5.74, 6) is 0. The molecule has 0 radical (unpaired) electrons. The highest BCUT2D eigenvalue weighted by Crippen LogP contribution is 2.43. The molecule has 4 N–H and O–H groups in total. The number of nitrogens with zero attached hydrogens (tertiary/aromatic N) is 1. The Hall–Kier alpha value is -6.30. The summed E-state index contributed by atoms with van der Waals surface area (Å²) >= 11 is 0. The fraction of sp³-hybridized carbons (Fsp3) is 0.176. The summed E-state index contributed by atoms with van der Waals surface area (Å²) < 4.78 is 8.67. The second-order valence-corrected chi connectivity index (χ2v) is 13.7. The molecule has 5 heteroatoms. The van der Waals surface area contributed by atoms with Crippen LogP contribution in [0.3, 0.4) is 0 Å². The fourth-order valence-electron chi connectivity index (χ4n) is 7.77. The normalized spacial score (nSPS) is 13.7. The molecule has 0 spiro atoms. The van der Waals surface area contributed by atoms with E-state index in [1.807, 2.05) is 45.9 Å². The lowest BCUT2D eigenvalue weighted by Gasteiger charge is -2.23. The van der Waals surface area contributed by atoms with Crippen LogP contribution in [0.4, 0.5) is 0 Å². The highest BCUT2D eigenvalue weighted by atomic mass is 16.3. The van der Waals surface area contributed by atoms with E-state index in [1.54, 1.807) is 6.08 Å². The van der Waals surface area contributed by atoms with E-state index in [1.165, 1.54) is 39.7 Å². The summed E-state index contributed by atoms with van der Waals surface area (Å²) in [6.07, 6.45) is 13.3. The quantitative estimate of drug-likeness (QED) is 0.136. The molecule has 5 nitrogen and oxygen atoms in total. The van der Waals surface area contributed by atoms with Gasteiger partial charge in [-0.2, -0.15) is 0 Å². The minimum absolute atomic E-state index is 0.226. The van der Waals surface area contributed by atoms with Crippen LogP contribution in [-0.2, 0) is 6.42 Å². The van der Waals surface area contributed by atoms with Gasteiger partial charge in [-0.15, -0.1) is 13.2 Å². The Labute approximate surface area is 330 Å². The van der Waals surface area contributed by atoms with Crippen LogP contribution >= 0.6 is 0 Å². The lowest BCUT2D eigenvalue weighted by Crippen LogP contribution is -2.41. The van der Waals surface area contributed by atoms with Crippen LogP contribution in [0.1, 0.15) is 62.9 Å². The highest BCUT2D eigenvalue weighted by Gasteiger charge is 2.24. The molecule has 10 rings (SSSR count). The predicted octanol–water partition coefficient (Wildman–Crippen LogP) is 13.3. The van der Waals surface area contributed by atoms with Crippen molar-refractivity contribution >= 4 is 72.0 Å². The molecule has 2 aliphatic rings. The summed E-state index contributed by atoms with van der Waals surface area (Å²) in [6.45, 7) is 20.5. The van der Waals surface area contributed by atoms with E-state index < -0.39 is 0 Å². The second kappa shape index (κ2) is 16.6. The van der Waals surface area contributed by atoms with Crippen molar-refractivity contribution in [3.8, 4) is 5.69 Å². The maximum atomic E-state index is 6.39. The number of fused-ring (bicyclic) bond motifs is 10. The van der Waals surface area contributed by atoms with E-state index in [-0.39, 0.29) is 12.1 Å². The zero-order valence-corrected chi connectivity index (χ0v) is 33.0. The van der Waals surface area contributed by atoms with Crippen molar-refractivity contribution in [3.63, 3.8) is 0 Å². The molecule has 0 saturated heterocycles. The van der Waals surface area contributed by atoms with E-state index in [0.717, 1.165) is 73.5 Å². The van der Waals surface area contributed by atoms with Gasteiger partial charge in [0.25, 0.3) is 0 Å². The topological polar surface area (TPSA) is 71.9 Å². The van der Waals surface area contributed by atoms with Gasteiger partial charge in [-0.05, 0) is 90.6 Å². The molecule has 0 saturated carbocycles. The van der Waals surface area contributed by atoms with Crippen LogP contribution in [0.15, 0.2) is 152 Å². The molecule has 2 atom stereocenters. The number of aromatic nitrogens is 2. The molecule has 282 valence electrons. The van der Waals surface area contributed by atoms with Crippen LogP contribution in [0.5, 0.6) is 0 Å². The molecule has 0 bridgehead atoms. The molecule has 0 aliphatic heterocycles. The Morgan fingerprint density at radius 1 is 0.768 bits per heavy atom. The van der Waals surface area contributed by atoms with Crippen LogP contribution in [-0.4, -0.2) is 21.6 Å². The second-order valence-electron chi connectivity index (χ2n) is 13.7. The molecule has 3 heterocycles. The molecular weight excluding hydrogens is 685 g/mol. The van der Waals surface area contributed by atoms with E-state index in [4.69, 9.17) is 10.2 Å². The number of furan rings is 1. The number of rotatable bonds is 8. The van der Waals surface area contributed by atoms with Crippen molar-refractivity contribution in [3.05, 3.63) is 170 Å². The van der Waals surface area contributed by atoms with Crippen LogP contribution in [0.25, 0.3) is 77.7 Å². The third-order valence-corrected chi connectivity index (χ3v) is 10.4. The lowest BCUT2D eigenvalue weighted by molar-refractivity contribution is 0.637. The monoisotopic (exact) mass is 736 g/mol. The van der Waals surface area contributed by atoms with Gasteiger partial charge in [-0.25, -0.2) is 0 Å². The maximum Gasteiger partial charge on any atom is 0.137 e. The number of aryl methyl sites for hydroxylation is 1. The summed E-state index contributed by atoms with van der Waals surface area (Å²) in [6, 6.07) is 35.9. The summed E-state index contributed by atoms with van der Waals surface area (Å²) in [5.41, 5.74) is 19.4. The van der Waals surface area contributed by atoms with Crippen molar-refractivity contribution in [2.24, 2.45) is 5.73 Å². The van der Waals surface area contributed by atoms with Crippen molar-refractivity contribution in [1.29, 1.82) is 0 Å². The number of para-hydroxylation sites is 3. The number of nitrogens with one attached hydrogen (secondary N) is 2. The standard InChI is InChI=1S/C44H36N4O.C3H4.2C2H6/c1-4-36(45)37(5-2)46-26(3)34-23-28(24-35-32-21-22-41-42(44(32)47-43(34)35)33-16-10-12-18-40(33)49-41)27-19-20-31-30-15-9-11-17-38(30)48(39(31)25-27)29-13-7-6-8-14-29;1-2-3-1;2*1-2/h4-18,21-25,36-37,46-47H,1-3,19-20,45H2;1-2H,3H2;2*1-2H3. The van der Waals surface area contributed by atoms with E-state index in [2.05, 4.69) is 144 Å². The zero-order valence-electron chi connectivity index (χ0n) is 33.0. The van der Waals surface area contributed by atoms with Gasteiger partial charge in [-0.1, -0.05) is 113 Å². The van der Waals surface area contributed by atoms with E-state index in [0.29, 0.717) is 0 Å². The summed E-state index contributed by atoms with van der Waals surface area (Å²) in [5, 5.41) is 9.32. The number of aromatic amines is 1. The molecule has 0 amide bonds. The average Bonchev–Trinajstić information content (AvgIpc) is 3.95. The van der Waals surface area contributed by atoms with Crippen molar-refractivity contribution in [1.82, 2.24) is 14.9 Å². The Morgan fingerprint density at radius 3 is 2.18 bits per heavy atom. The Bertz CT molecular complexity index is 2770. The Morgan fingerprint density at radius 2 is 1.46 bits per heavy atom. The molecule has 2 unspecified atom stereocenters. The SMILES string of the molecule is C1=CC1.C=CC(N)C(C=C)NC(=C)c1cc(C2=Cc3c(c4ccccc4n3-c3ccccc3)CC2)cc2c1[nH]c1c2ccc2oc3ccccc3c21.CC.CC. The highest BCUT2D eigenvalue weighted by molar-refractivity contribution is 6.24. The number of hydrogen-bond donors (Lipinski definition) is 3. The summed E-state index contributed by atoms with van der Waals surface area (Å²) in [4.78, 5) is 3.82. The average molecular weight is 737 g/mol. The zero-order chi connectivity index (χ0) is 39.3. The van der Waals surface area contributed by atoms with Crippen molar-refractivity contribution in [2.75, 3.05) is 0 Å². The smallest absolute Gasteiger partial charge is 0.137 e. The minimum atomic E-state index is -0.313. The van der Waals surface area contributed by atoms with E-state index >= 15 is 0 Å². The number of benzene rings is 5. The first-order valence-corrected chi connectivity index (χ1v) is 19.9. The molecule has 56 heavy (non-hydrogen) atoms. The minimum Gasteiger partial charge on any atom is -0.456 e. The Balaban J connectivity index is 0.000000638. The summed E-state index contributed by atoms with van der Waals surface area (Å²) in [7, 11) is 0. The first-order chi connectivity index (χ1) is 27.5. The number of allylic oxidation sites excluding steroid dienone is 3. The number of H-pyrrole nitrogens is 1. The van der Waals surface area contributed by atoms with Gasteiger partial charge < -0.3 is 25.0 Å². The largest absolute Gasteiger partial charge is 0.456 e. The van der Waals surface area contributed by atoms with Crippen molar-refractivity contribution in [2.45, 2.75) is 59.0 Å². The van der Waals surface area contributed by atoms with Gasteiger partial charge in [0.1, 0.15) is 11.2 Å². The van der Waals surface area contributed by atoms with Gasteiger partial charge in [-0.3, -0.25) is 0 Å². The molecule has 8 aromatic rings. The molecular formula is C51H52N4O. The van der Waals surface area contributed by atoms with Crippen molar-refractivity contribution < 1.29 is 4.42 Å². The first kappa shape index (κ1) is 38.0. The maximum absolute atomic E-state index is 6.39. The number of nitrogens with two attached hydrogens (primary N) is 1. The first-order valence-electron chi connectivity index (χ1n) is 19.9. The Kier molecular flexibility index (Phi) is 11.3. The van der Waals surface area contributed by atoms with Gasteiger partial charge in [0, 0.05) is 44.5 Å². The van der Waals surface area contributed by atoms with Gasteiger partial charge >= 0.3 is 0 Å². The molecule has 3 aromatic heterocycles. The van der Waals surface area contributed by atoms with E-state index in [9.17, 15) is 0 Å². The fourth-order valence-corrected chi connectivity index (χ4v) is 7.77. The van der Waals surface area contributed by atoms with Crippen LogP contribution in [0.2, 0.25) is 0 Å².